The molecule has 0 radical (unpaired) electrons. The van der Waals surface area contributed by atoms with Crippen molar-refractivity contribution in [1.82, 2.24) is 0 Å². The Balaban J connectivity index is 1.58. The zero-order chi connectivity index (χ0) is 20.1. The molecule has 0 aliphatic carbocycles. The first-order chi connectivity index (χ1) is 14.2. The molecular formula is C26H20Cl2O. The minimum absolute atomic E-state index is 0.745. The van der Waals surface area contributed by atoms with Crippen molar-refractivity contribution >= 4 is 23.2 Å². The van der Waals surface area contributed by atoms with Crippen molar-refractivity contribution in [3.63, 3.8) is 0 Å². The third kappa shape index (κ3) is 5.20. The van der Waals surface area contributed by atoms with E-state index in [1.54, 1.807) is 0 Å². The summed E-state index contributed by atoms with van der Waals surface area (Å²) in [5.41, 5.74) is 4.66. The minimum Gasteiger partial charge on any atom is -0.457 e. The second kappa shape index (κ2) is 9.17. The van der Waals surface area contributed by atoms with Crippen LogP contribution in [0.3, 0.4) is 0 Å². The predicted octanol–water partition coefficient (Wildman–Crippen LogP) is 7.97. The van der Waals surface area contributed by atoms with E-state index in [0.29, 0.717) is 0 Å². The first kappa shape index (κ1) is 19.6. The van der Waals surface area contributed by atoms with Gasteiger partial charge in [-0.2, -0.15) is 0 Å². The second-order valence-electron chi connectivity index (χ2n) is 6.92. The Morgan fingerprint density at radius 3 is 1.28 bits per heavy atom. The molecule has 0 spiro atoms. The molecule has 4 rings (SSSR count). The third-order valence-electron chi connectivity index (χ3n) is 4.78. The van der Waals surface area contributed by atoms with E-state index in [1.165, 1.54) is 11.1 Å². The Labute approximate surface area is 181 Å². The van der Waals surface area contributed by atoms with Gasteiger partial charge in [0.05, 0.1) is 0 Å². The Morgan fingerprint density at radius 1 is 0.483 bits per heavy atom. The lowest BCUT2D eigenvalue weighted by Gasteiger charge is -2.15. The molecule has 0 bridgehead atoms. The average Bonchev–Trinajstić information content (AvgIpc) is 2.74. The maximum atomic E-state index is 6.38. The number of ether oxygens (including phenoxy) is 1. The molecule has 0 unspecified atom stereocenters. The molecular weight excluding hydrogens is 399 g/mol. The SMILES string of the molecule is Clc1ccc(Cc2ccccc2Oc2ccccc2Cc2ccc(Cl)cc2)cc1. The minimum atomic E-state index is 0.745. The van der Waals surface area contributed by atoms with Crippen molar-refractivity contribution in [3.05, 3.63) is 129 Å². The Hall–Kier alpha value is -2.74. The topological polar surface area (TPSA) is 9.23 Å². The van der Waals surface area contributed by atoms with E-state index < -0.39 is 0 Å². The normalized spacial score (nSPS) is 10.7. The highest BCUT2D eigenvalue weighted by atomic mass is 35.5. The quantitative estimate of drug-likeness (QED) is 0.308. The zero-order valence-electron chi connectivity index (χ0n) is 15.8. The standard InChI is InChI=1S/C26H20Cl2O/c27-23-13-9-19(10-14-23)17-21-5-1-3-7-25(21)29-26-8-4-2-6-22(26)18-20-11-15-24(28)16-12-20/h1-16H,17-18H2. The third-order valence-corrected chi connectivity index (χ3v) is 5.28. The van der Waals surface area contributed by atoms with Gasteiger partial charge < -0.3 is 4.74 Å². The smallest absolute Gasteiger partial charge is 0.130 e. The molecule has 0 fully saturated rings. The Bertz CT molecular complexity index is 997. The molecule has 0 atom stereocenters. The number of hydrogen-bond donors (Lipinski definition) is 0. The average molecular weight is 419 g/mol. The fraction of sp³-hybridized carbons (Fsp3) is 0.0769. The second-order valence-corrected chi connectivity index (χ2v) is 7.80. The van der Waals surface area contributed by atoms with Crippen molar-refractivity contribution < 1.29 is 4.74 Å². The predicted molar refractivity (Wildman–Crippen MR) is 121 cm³/mol. The van der Waals surface area contributed by atoms with Gasteiger partial charge in [-0.15, -0.1) is 0 Å². The fourth-order valence-corrected chi connectivity index (χ4v) is 3.51. The molecule has 29 heavy (non-hydrogen) atoms. The maximum absolute atomic E-state index is 6.38. The van der Waals surface area contributed by atoms with E-state index in [1.807, 2.05) is 84.9 Å². The van der Waals surface area contributed by atoms with Crippen molar-refractivity contribution in [3.8, 4) is 11.5 Å². The van der Waals surface area contributed by atoms with Crippen LogP contribution in [0.4, 0.5) is 0 Å². The van der Waals surface area contributed by atoms with Crippen LogP contribution in [-0.2, 0) is 12.8 Å². The van der Waals surface area contributed by atoms with Gasteiger partial charge >= 0.3 is 0 Å². The van der Waals surface area contributed by atoms with Crippen molar-refractivity contribution in [2.45, 2.75) is 12.8 Å². The number of benzene rings is 4. The summed E-state index contributed by atoms with van der Waals surface area (Å²) in [5.74, 6) is 1.73. The van der Waals surface area contributed by atoms with Gasteiger partial charge in [0.25, 0.3) is 0 Å². The van der Waals surface area contributed by atoms with E-state index in [2.05, 4.69) is 12.1 Å². The fourth-order valence-electron chi connectivity index (χ4n) is 3.26. The summed E-state index contributed by atoms with van der Waals surface area (Å²) >= 11 is 12.0. The molecule has 0 saturated heterocycles. The number of halogens is 2. The van der Waals surface area contributed by atoms with Crippen LogP contribution in [0, 0.1) is 0 Å². The summed E-state index contributed by atoms with van der Waals surface area (Å²) in [6.07, 6.45) is 1.57. The van der Waals surface area contributed by atoms with Gasteiger partial charge in [-0.3, -0.25) is 0 Å². The first-order valence-electron chi connectivity index (χ1n) is 9.50. The van der Waals surface area contributed by atoms with Gasteiger partial charge in [-0.05, 0) is 58.7 Å². The van der Waals surface area contributed by atoms with Crippen molar-refractivity contribution in [1.29, 1.82) is 0 Å². The Kier molecular flexibility index (Phi) is 6.19. The zero-order valence-corrected chi connectivity index (χ0v) is 17.3. The molecule has 0 aromatic heterocycles. The van der Waals surface area contributed by atoms with Gasteiger partial charge in [0.2, 0.25) is 0 Å². The molecule has 0 saturated carbocycles. The van der Waals surface area contributed by atoms with Crippen LogP contribution in [0.2, 0.25) is 10.0 Å². The summed E-state index contributed by atoms with van der Waals surface area (Å²) in [4.78, 5) is 0. The van der Waals surface area contributed by atoms with Crippen LogP contribution < -0.4 is 4.74 Å². The number of para-hydroxylation sites is 2. The largest absolute Gasteiger partial charge is 0.457 e. The number of hydrogen-bond acceptors (Lipinski definition) is 1. The maximum Gasteiger partial charge on any atom is 0.130 e. The number of rotatable bonds is 6. The lowest BCUT2D eigenvalue weighted by Crippen LogP contribution is -1.97. The van der Waals surface area contributed by atoms with Gasteiger partial charge in [0.15, 0.2) is 0 Å². The molecule has 1 nitrogen and oxygen atoms in total. The highest BCUT2D eigenvalue weighted by Crippen LogP contribution is 2.31. The summed E-state index contributed by atoms with van der Waals surface area (Å²) in [6, 6.07) is 32.2. The summed E-state index contributed by atoms with van der Waals surface area (Å²) in [6.45, 7) is 0. The molecule has 4 aromatic rings. The molecule has 0 aliphatic rings. The van der Waals surface area contributed by atoms with E-state index in [9.17, 15) is 0 Å². The van der Waals surface area contributed by atoms with Crippen LogP contribution in [-0.4, -0.2) is 0 Å². The van der Waals surface area contributed by atoms with E-state index in [0.717, 1.165) is 45.5 Å². The van der Waals surface area contributed by atoms with E-state index in [-0.39, 0.29) is 0 Å². The molecule has 0 N–H and O–H groups in total. The van der Waals surface area contributed by atoms with Gasteiger partial charge in [0, 0.05) is 22.9 Å². The molecule has 0 aliphatic heterocycles. The summed E-state index contributed by atoms with van der Waals surface area (Å²) < 4.78 is 6.38. The molecule has 144 valence electrons. The highest BCUT2D eigenvalue weighted by Gasteiger charge is 2.10. The molecule has 0 heterocycles. The lowest BCUT2D eigenvalue weighted by atomic mass is 10.0. The van der Waals surface area contributed by atoms with E-state index >= 15 is 0 Å². The van der Waals surface area contributed by atoms with Gasteiger partial charge in [0.1, 0.15) is 11.5 Å². The molecule has 0 amide bonds. The van der Waals surface area contributed by atoms with Crippen molar-refractivity contribution in [2.75, 3.05) is 0 Å². The summed E-state index contributed by atoms with van der Waals surface area (Å²) in [7, 11) is 0. The molecule has 4 aromatic carbocycles. The van der Waals surface area contributed by atoms with Crippen LogP contribution in [0.1, 0.15) is 22.3 Å². The highest BCUT2D eigenvalue weighted by molar-refractivity contribution is 6.30. The van der Waals surface area contributed by atoms with Crippen LogP contribution >= 0.6 is 23.2 Å². The monoisotopic (exact) mass is 418 g/mol. The Morgan fingerprint density at radius 2 is 0.862 bits per heavy atom. The van der Waals surface area contributed by atoms with Gasteiger partial charge in [-0.25, -0.2) is 0 Å². The first-order valence-corrected chi connectivity index (χ1v) is 10.3. The lowest BCUT2D eigenvalue weighted by molar-refractivity contribution is 0.472. The van der Waals surface area contributed by atoms with Crippen LogP contribution in [0.15, 0.2) is 97.1 Å². The van der Waals surface area contributed by atoms with Crippen LogP contribution in [0.5, 0.6) is 11.5 Å². The van der Waals surface area contributed by atoms with Crippen LogP contribution in [0.25, 0.3) is 0 Å². The van der Waals surface area contributed by atoms with Crippen molar-refractivity contribution in [2.24, 2.45) is 0 Å². The van der Waals surface area contributed by atoms with E-state index in [4.69, 9.17) is 27.9 Å². The summed E-state index contributed by atoms with van der Waals surface area (Å²) in [5, 5.41) is 1.49. The molecule has 3 heteroatoms. The van der Waals surface area contributed by atoms with Gasteiger partial charge in [-0.1, -0.05) is 83.9 Å².